The number of azo groups is 1. The van der Waals surface area contributed by atoms with Crippen molar-refractivity contribution in [3.8, 4) is 11.9 Å². The fraction of sp³-hybridized carbons (Fsp3) is 0.250. The molecule has 0 aliphatic heterocycles. The van der Waals surface area contributed by atoms with Crippen molar-refractivity contribution in [1.29, 1.82) is 5.26 Å². The first-order chi connectivity index (χ1) is 12.2. The first-order valence-corrected chi connectivity index (χ1v) is 7.29. The van der Waals surface area contributed by atoms with Gasteiger partial charge in [-0.25, -0.2) is 0 Å². The van der Waals surface area contributed by atoms with Crippen molar-refractivity contribution >= 4 is 11.4 Å². The normalized spacial score (nSPS) is 11.5. The third-order valence-corrected chi connectivity index (χ3v) is 3.71. The molecule has 5 N–H and O–H groups in total. The second kappa shape index (κ2) is 7.42. The maximum Gasteiger partial charge on any atom is 0.281 e. The predicted octanol–water partition coefficient (Wildman–Crippen LogP) is 0.653. The van der Waals surface area contributed by atoms with Crippen LogP contribution in [0.25, 0.3) is 0 Å². The van der Waals surface area contributed by atoms with Crippen LogP contribution in [0.3, 0.4) is 0 Å². The minimum atomic E-state index is -1.88. The smallest absolute Gasteiger partial charge is 0.281 e. The molecular formula is C16H16N4O6. The SMILES string of the molecule is Cc1c(C#N)c(O)n(C)c(=O)c1N=Nc1cc(C(O)O)cc(C(O)O)c1. The van der Waals surface area contributed by atoms with Crippen molar-refractivity contribution in [3.05, 3.63) is 50.8 Å². The third-order valence-electron chi connectivity index (χ3n) is 3.71. The van der Waals surface area contributed by atoms with Gasteiger partial charge in [0, 0.05) is 23.7 Å². The standard InChI is InChI=1S/C16H16N4O6/c1-7-11(6-17)13(21)20(2)14(22)12(7)19-18-10-4-8(15(23)24)3-9(5-10)16(25)26/h3-5,15-16,21,23-26H,1-2H3. The zero-order chi connectivity index (χ0) is 19.6. The van der Waals surface area contributed by atoms with Gasteiger partial charge in [-0.05, 0) is 25.1 Å². The lowest BCUT2D eigenvalue weighted by Gasteiger charge is -2.10. The molecular weight excluding hydrogens is 344 g/mol. The highest BCUT2D eigenvalue weighted by atomic mass is 16.5. The molecule has 1 heterocycles. The van der Waals surface area contributed by atoms with E-state index in [0.717, 1.165) is 10.6 Å². The summed E-state index contributed by atoms with van der Waals surface area (Å²) in [4.78, 5) is 12.2. The highest BCUT2D eigenvalue weighted by molar-refractivity contribution is 5.56. The van der Waals surface area contributed by atoms with Gasteiger partial charge in [0.25, 0.3) is 5.56 Å². The third kappa shape index (κ3) is 3.61. The number of aliphatic hydroxyl groups excluding tert-OH is 2. The van der Waals surface area contributed by atoms with Crippen molar-refractivity contribution in [3.63, 3.8) is 0 Å². The fourth-order valence-corrected chi connectivity index (χ4v) is 2.24. The van der Waals surface area contributed by atoms with E-state index in [0.29, 0.717) is 0 Å². The Hall–Kier alpha value is -3.10. The Bertz CT molecular complexity index is 946. The lowest BCUT2D eigenvalue weighted by Crippen LogP contribution is -2.18. The fourth-order valence-electron chi connectivity index (χ4n) is 2.24. The van der Waals surface area contributed by atoms with Crippen LogP contribution in [-0.2, 0) is 7.05 Å². The molecule has 0 bridgehead atoms. The summed E-state index contributed by atoms with van der Waals surface area (Å²) < 4.78 is 0.844. The molecule has 2 aromatic rings. The monoisotopic (exact) mass is 360 g/mol. The zero-order valence-corrected chi connectivity index (χ0v) is 13.8. The molecule has 0 atom stereocenters. The van der Waals surface area contributed by atoms with Gasteiger partial charge in [0.05, 0.1) is 5.69 Å². The predicted molar refractivity (Wildman–Crippen MR) is 87.8 cm³/mol. The molecule has 0 saturated carbocycles. The van der Waals surface area contributed by atoms with Crippen LogP contribution in [0.4, 0.5) is 11.4 Å². The number of nitrogens with zero attached hydrogens (tertiary/aromatic N) is 4. The molecule has 10 heteroatoms. The zero-order valence-electron chi connectivity index (χ0n) is 13.8. The van der Waals surface area contributed by atoms with Crippen molar-refractivity contribution in [2.75, 3.05) is 0 Å². The van der Waals surface area contributed by atoms with Gasteiger partial charge >= 0.3 is 0 Å². The maximum absolute atomic E-state index is 12.2. The quantitative estimate of drug-likeness (QED) is 0.393. The van der Waals surface area contributed by atoms with Crippen LogP contribution in [0.1, 0.15) is 34.8 Å². The van der Waals surface area contributed by atoms with E-state index >= 15 is 0 Å². The molecule has 1 aromatic heterocycles. The minimum Gasteiger partial charge on any atom is -0.493 e. The summed E-state index contributed by atoms with van der Waals surface area (Å²) in [6.07, 6.45) is -3.76. The summed E-state index contributed by atoms with van der Waals surface area (Å²) in [6, 6.07) is 5.39. The molecule has 136 valence electrons. The van der Waals surface area contributed by atoms with Crippen LogP contribution in [-0.4, -0.2) is 30.1 Å². The summed E-state index contributed by atoms with van der Waals surface area (Å²) in [5, 5.41) is 63.6. The molecule has 0 aliphatic carbocycles. The van der Waals surface area contributed by atoms with Crippen LogP contribution in [0.2, 0.25) is 0 Å². The van der Waals surface area contributed by atoms with Crippen LogP contribution in [0.5, 0.6) is 5.88 Å². The summed E-state index contributed by atoms with van der Waals surface area (Å²) >= 11 is 0. The van der Waals surface area contributed by atoms with E-state index in [-0.39, 0.29) is 33.6 Å². The molecule has 2 rings (SSSR count). The highest BCUT2D eigenvalue weighted by Crippen LogP contribution is 2.28. The molecule has 1 aromatic carbocycles. The average Bonchev–Trinajstić information content (AvgIpc) is 2.60. The van der Waals surface area contributed by atoms with E-state index in [4.69, 9.17) is 5.26 Å². The average molecular weight is 360 g/mol. The first kappa shape index (κ1) is 19.2. The summed E-state index contributed by atoms with van der Waals surface area (Å²) in [7, 11) is 1.26. The Morgan fingerprint density at radius 2 is 1.62 bits per heavy atom. The number of pyridine rings is 1. The van der Waals surface area contributed by atoms with Crippen LogP contribution in [0, 0.1) is 18.3 Å². The molecule has 0 saturated heterocycles. The topological polar surface area (TPSA) is 172 Å². The van der Waals surface area contributed by atoms with Gasteiger partial charge in [0.2, 0.25) is 5.88 Å². The number of aromatic nitrogens is 1. The molecule has 26 heavy (non-hydrogen) atoms. The van der Waals surface area contributed by atoms with Crippen molar-refractivity contribution in [2.45, 2.75) is 19.5 Å². The second-order valence-electron chi connectivity index (χ2n) is 5.45. The van der Waals surface area contributed by atoms with Gasteiger partial charge in [-0.15, -0.1) is 5.11 Å². The van der Waals surface area contributed by atoms with Gasteiger partial charge in [0.15, 0.2) is 18.3 Å². The lowest BCUT2D eigenvalue weighted by molar-refractivity contribution is -0.0474. The number of hydrogen-bond donors (Lipinski definition) is 5. The molecule has 0 radical (unpaired) electrons. The summed E-state index contributed by atoms with van der Waals surface area (Å²) in [5.41, 5.74) is -0.988. The Morgan fingerprint density at radius 1 is 1.08 bits per heavy atom. The lowest BCUT2D eigenvalue weighted by atomic mass is 10.1. The van der Waals surface area contributed by atoms with E-state index in [1.165, 1.54) is 26.1 Å². The molecule has 0 fully saturated rings. The highest BCUT2D eigenvalue weighted by Gasteiger charge is 2.17. The van der Waals surface area contributed by atoms with E-state index < -0.39 is 24.0 Å². The van der Waals surface area contributed by atoms with E-state index in [2.05, 4.69) is 10.2 Å². The Morgan fingerprint density at radius 3 is 2.08 bits per heavy atom. The van der Waals surface area contributed by atoms with Crippen molar-refractivity contribution in [1.82, 2.24) is 4.57 Å². The molecule has 0 aliphatic rings. The van der Waals surface area contributed by atoms with Crippen LogP contribution < -0.4 is 5.56 Å². The van der Waals surface area contributed by atoms with E-state index in [1.54, 1.807) is 6.07 Å². The molecule has 10 nitrogen and oxygen atoms in total. The van der Waals surface area contributed by atoms with E-state index in [1.807, 2.05) is 0 Å². The van der Waals surface area contributed by atoms with Crippen molar-refractivity contribution in [2.24, 2.45) is 17.3 Å². The van der Waals surface area contributed by atoms with Gasteiger partial charge < -0.3 is 25.5 Å². The van der Waals surface area contributed by atoms with E-state index in [9.17, 15) is 30.3 Å². The summed E-state index contributed by atoms with van der Waals surface area (Å²) in [6.45, 7) is 1.42. The Balaban J connectivity index is 2.60. The number of nitriles is 1. The van der Waals surface area contributed by atoms with Crippen LogP contribution >= 0.6 is 0 Å². The molecule has 0 unspecified atom stereocenters. The minimum absolute atomic E-state index is 0.0201. The van der Waals surface area contributed by atoms with Crippen LogP contribution in [0.15, 0.2) is 33.2 Å². The molecule has 0 amide bonds. The van der Waals surface area contributed by atoms with Crippen molar-refractivity contribution < 1.29 is 25.5 Å². The van der Waals surface area contributed by atoms with Gasteiger partial charge in [-0.1, -0.05) is 0 Å². The maximum atomic E-state index is 12.2. The number of rotatable bonds is 4. The first-order valence-electron chi connectivity index (χ1n) is 7.29. The number of hydrogen-bond acceptors (Lipinski definition) is 9. The van der Waals surface area contributed by atoms with Gasteiger partial charge in [-0.2, -0.15) is 10.4 Å². The Labute approximate surface area is 147 Å². The van der Waals surface area contributed by atoms with Gasteiger partial charge in [0.1, 0.15) is 11.6 Å². The number of aromatic hydroxyl groups is 1. The van der Waals surface area contributed by atoms with Gasteiger partial charge in [-0.3, -0.25) is 9.36 Å². The largest absolute Gasteiger partial charge is 0.493 e. The number of aliphatic hydroxyl groups is 4. The number of benzene rings is 1. The Kier molecular flexibility index (Phi) is 5.49. The summed E-state index contributed by atoms with van der Waals surface area (Å²) in [5.74, 6) is -0.495. The second-order valence-corrected chi connectivity index (χ2v) is 5.45. The molecule has 0 spiro atoms.